The summed E-state index contributed by atoms with van der Waals surface area (Å²) in [7, 11) is 0. The highest BCUT2D eigenvalue weighted by atomic mass is 16.5. The number of nitrogens with zero attached hydrogens (tertiary/aromatic N) is 2. The number of rotatable bonds is 8. The van der Waals surface area contributed by atoms with Crippen LogP contribution in [0.3, 0.4) is 0 Å². The van der Waals surface area contributed by atoms with Gasteiger partial charge in [0.1, 0.15) is 17.1 Å². The molecule has 0 amide bonds. The monoisotopic (exact) mass is 382 g/mol. The van der Waals surface area contributed by atoms with Crippen molar-refractivity contribution in [2.45, 2.75) is 12.6 Å². The minimum Gasteiger partial charge on any atom is -0.468 e. The van der Waals surface area contributed by atoms with Gasteiger partial charge in [-0.25, -0.2) is 0 Å². The summed E-state index contributed by atoms with van der Waals surface area (Å²) in [5, 5.41) is 6.23. The number of pyridine rings is 1. The van der Waals surface area contributed by atoms with Crippen LogP contribution in [0.4, 0.5) is 11.4 Å². The molecule has 3 aromatic rings. The van der Waals surface area contributed by atoms with Crippen LogP contribution < -0.4 is 21.5 Å². The van der Waals surface area contributed by atoms with E-state index in [0.717, 1.165) is 24.4 Å². The zero-order chi connectivity index (χ0) is 19.3. The molecule has 146 valence electrons. The van der Waals surface area contributed by atoms with Crippen LogP contribution in [0.15, 0.2) is 56.9 Å². The quantitative estimate of drug-likeness (QED) is 0.564. The van der Waals surface area contributed by atoms with E-state index in [1.807, 2.05) is 24.3 Å². The van der Waals surface area contributed by atoms with Crippen molar-refractivity contribution < 1.29 is 9.15 Å². The molecule has 1 aromatic carbocycles. The highest BCUT2D eigenvalue weighted by molar-refractivity contribution is 5.74. The summed E-state index contributed by atoms with van der Waals surface area (Å²) in [6, 6.07) is 7.44. The van der Waals surface area contributed by atoms with Crippen LogP contribution in [0.5, 0.6) is 0 Å². The van der Waals surface area contributed by atoms with Gasteiger partial charge in [-0.05, 0) is 29.8 Å². The minimum absolute atomic E-state index is 0.0450. The smallest absolute Gasteiger partial charge is 0.253 e. The Labute approximate surface area is 161 Å². The predicted octanol–water partition coefficient (Wildman–Crippen LogP) is 1.37. The molecule has 0 saturated carbocycles. The Kier molecular flexibility index (Phi) is 5.50. The Morgan fingerprint density at radius 3 is 2.43 bits per heavy atom. The third-order valence-electron chi connectivity index (χ3n) is 4.96. The summed E-state index contributed by atoms with van der Waals surface area (Å²) in [5.74, 6) is 0.819. The van der Waals surface area contributed by atoms with Crippen LogP contribution in [0, 0.1) is 0 Å². The van der Waals surface area contributed by atoms with Gasteiger partial charge in [-0.15, -0.1) is 0 Å². The lowest BCUT2D eigenvalue weighted by atomic mass is 10.1. The first-order valence-corrected chi connectivity index (χ1v) is 9.29. The molecular formula is C20H22N4O4. The molecule has 1 fully saturated rings. The third kappa shape index (κ3) is 3.83. The van der Waals surface area contributed by atoms with Crippen molar-refractivity contribution in [2.24, 2.45) is 0 Å². The van der Waals surface area contributed by atoms with E-state index >= 15 is 0 Å². The maximum atomic E-state index is 12.1. The second-order valence-electron chi connectivity index (χ2n) is 6.68. The summed E-state index contributed by atoms with van der Waals surface area (Å²) >= 11 is 0. The predicted molar refractivity (Wildman–Crippen MR) is 105 cm³/mol. The molecule has 0 aliphatic carbocycles. The van der Waals surface area contributed by atoms with Crippen molar-refractivity contribution in [1.29, 1.82) is 0 Å². The first-order valence-electron chi connectivity index (χ1n) is 9.29. The molecule has 1 saturated heterocycles. The highest BCUT2D eigenvalue weighted by Gasteiger charge is 2.27. The third-order valence-corrected chi connectivity index (χ3v) is 4.96. The SMILES string of the molecule is O=c1c(NCc2ccncc2)c(NCC(c2ccco2)N2CCOCC2)c1=O. The number of hydrogen-bond acceptors (Lipinski definition) is 8. The van der Waals surface area contributed by atoms with Crippen LogP contribution in [-0.4, -0.2) is 42.7 Å². The van der Waals surface area contributed by atoms with Crippen LogP contribution in [0.2, 0.25) is 0 Å². The fourth-order valence-electron chi connectivity index (χ4n) is 3.40. The molecule has 1 aliphatic rings. The molecule has 8 heteroatoms. The maximum Gasteiger partial charge on any atom is 0.253 e. The van der Waals surface area contributed by atoms with E-state index in [9.17, 15) is 9.59 Å². The summed E-state index contributed by atoms with van der Waals surface area (Å²) < 4.78 is 11.0. The average Bonchev–Trinajstić information content (AvgIpc) is 3.28. The highest BCUT2D eigenvalue weighted by Crippen LogP contribution is 2.24. The number of anilines is 2. The normalized spacial score (nSPS) is 16.1. The number of hydrogen-bond donors (Lipinski definition) is 2. The molecule has 2 N–H and O–H groups in total. The van der Waals surface area contributed by atoms with Crippen molar-refractivity contribution >= 4 is 11.4 Å². The Balaban J connectivity index is 1.45. The number of morpholine rings is 1. The molecular weight excluding hydrogens is 360 g/mol. The van der Waals surface area contributed by atoms with E-state index in [2.05, 4.69) is 20.5 Å². The second kappa shape index (κ2) is 8.37. The van der Waals surface area contributed by atoms with Crippen molar-refractivity contribution in [3.8, 4) is 0 Å². The Bertz CT molecular complexity index is 958. The first kappa shape index (κ1) is 18.4. The van der Waals surface area contributed by atoms with E-state index in [1.54, 1.807) is 18.7 Å². The number of ether oxygens (including phenoxy) is 1. The van der Waals surface area contributed by atoms with Gasteiger partial charge in [-0.1, -0.05) is 0 Å². The van der Waals surface area contributed by atoms with Crippen LogP contribution >= 0.6 is 0 Å². The lowest BCUT2D eigenvalue weighted by Crippen LogP contribution is -2.43. The van der Waals surface area contributed by atoms with E-state index in [0.29, 0.717) is 37.7 Å². The Morgan fingerprint density at radius 2 is 1.75 bits per heavy atom. The van der Waals surface area contributed by atoms with E-state index in [1.165, 1.54) is 0 Å². The fraction of sp³-hybridized carbons (Fsp3) is 0.350. The van der Waals surface area contributed by atoms with Gasteiger partial charge in [0.15, 0.2) is 0 Å². The zero-order valence-corrected chi connectivity index (χ0v) is 15.4. The molecule has 2 aromatic heterocycles. The first-order chi connectivity index (χ1) is 13.7. The summed E-state index contributed by atoms with van der Waals surface area (Å²) in [5.41, 5.74) is 0.677. The molecule has 8 nitrogen and oxygen atoms in total. The van der Waals surface area contributed by atoms with Gasteiger partial charge in [0.25, 0.3) is 10.9 Å². The topological polar surface area (TPSA) is 96.7 Å². The number of furan rings is 1. The molecule has 3 heterocycles. The molecule has 1 unspecified atom stereocenters. The fourth-order valence-corrected chi connectivity index (χ4v) is 3.40. The summed E-state index contributed by atoms with van der Waals surface area (Å²) in [6.45, 7) is 3.81. The number of nitrogens with one attached hydrogen (secondary N) is 2. The van der Waals surface area contributed by atoms with E-state index in [-0.39, 0.29) is 6.04 Å². The Morgan fingerprint density at radius 1 is 1.04 bits per heavy atom. The summed E-state index contributed by atoms with van der Waals surface area (Å²) in [6.07, 6.45) is 5.02. The minimum atomic E-state index is -0.489. The summed E-state index contributed by atoms with van der Waals surface area (Å²) in [4.78, 5) is 30.3. The van der Waals surface area contributed by atoms with Crippen molar-refractivity contribution in [3.05, 3.63) is 74.7 Å². The molecule has 1 atom stereocenters. The van der Waals surface area contributed by atoms with Crippen LogP contribution in [-0.2, 0) is 11.3 Å². The van der Waals surface area contributed by atoms with Crippen LogP contribution in [0.25, 0.3) is 0 Å². The molecule has 1 aliphatic heterocycles. The largest absolute Gasteiger partial charge is 0.468 e. The van der Waals surface area contributed by atoms with Crippen molar-refractivity contribution in [1.82, 2.24) is 9.88 Å². The van der Waals surface area contributed by atoms with Gasteiger partial charge in [0.2, 0.25) is 0 Å². The average molecular weight is 382 g/mol. The van der Waals surface area contributed by atoms with Gasteiger partial charge < -0.3 is 19.8 Å². The zero-order valence-electron chi connectivity index (χ0n) is 15.4. The lowest BCUT2D eigenvalue weighted by Gasteiger charge is -2.33. The van der Waals surface area contributed by atoms with E-state index in [4.69, 9.17) is 9.15 Å². The maximum absolute atomic E-state index is 12.1. The van der Waals surface area contributed by atoms with Gasteiger partial charge in [-0.2, -0.15) is 0 Å². The van der Waals surface area contributed by atoms with E-state index < -0.39 is 10.9 Å². The standard InChI is InChI=1S/C20H22N4O4/c25-19-17(22-12-14-3-5-21-6-4-14)18(20(19)26)23-13-15(16-2-1-9-28-16)24-7-10-27-11-8-24/h1-6,9,15,22-23H,7-8,10-13H2. The molecule has 0 radical (unpaired) electrons. The van der Waals surface area contributed by atoms with Crippen LogP contribution in [0.1, 0.15) is 17.4 Å². The van der Waals surface area contributed by atoms with Gasteiger partial charge in [0, 0.05) is 38.6 Å². The number of aromatic nitrogens is 1. The van der Waals surface area contributed by atoms with Crippen molar-refractivity contribution in [3.63, 3.8) is 0 Å². The Hall–Kier alpha value is -2.97. The molecule has 4 rings (SSSR count). The molecule has 0 bridgehead atoms. The lowest BCUT2D eigenvalue weighted by molar-refractivity contribution is 0.0144. The second-order valence-corrected chi connectivity index (χ2v) is 6.68. The molecule has 0 spiro atoms. The van der Waals surface area contributed by atoms with Gasteiger partial charge >= 0.3 is 0 Å². The van der Waals surface area contributed by atoms with Gasteiger partial charge in [-0.3, -0.25) is 19.5 Å². The van der Waals surface area contributed by atoms with Crippen molar-refractivity contribution in [2.75, 3.05) is 43.5 Å². The van der Waals surface area contributed by atoms with Gasteiger partial charge in [0.05, 0.1) is 25.5 Å². The molecule has 28 heavy (non-hydrogen) atoms.